The van der Waals surface area contributed by atoms with Gasteiger partial charge >= 0.3 is 0 Å². The molecule has 3 heterocycles. The Morgan fingerprint density at radius 1 is 1.20 bits per heavy atom. The lowest BCUT2D eigenvalue weighted by atomic mass is 10.2. The van der Waals surface area contributed by atoms with Crippen molar-refractivity contribution in [1.82, 2.24) is 29.8 Å². The average molecular weight is 200 g/mol. The lowest BCUT2D eigenvalue weighted by Crippen LogP contribution is -1.92. The van der Waals surface area contributed by atoms with Crippen LogP contribution in [-0.2, 0) is 7.05 Å². The van der Waals surface area contributed by atoms with Crippen molar-refractivity contribution in [3.63, 3.8) is 0 Å². The molecule has 0 N–H and O–H groups in total. The van der Waals surface area contributed by atoms with Gasteiger partial charge < -0.3 is 0 Å². The van der Waals surface area contributed by atoms with Crippen LogP contribution < -0.4 is 0 Å². The van der Waals surface area contributed by atoms with Crippen molar-refractivity contribution < 1.29 is 0 Å². The van der Waals surface area contributed by atoms with Crippen molar-refractivity contribution in [1.29, 1.82) is 0 Å². The van der Waals surface area contributed by atoms with Gasteiger partial charge in [0.25, 0.3) is 0 Å². The van der Waals surface area contributed by atoms with Crippen molar-refractivity contribution in [2.75, 3.05) is 0 Å². The second kappa shape index (κ2) is 2.88. The van der Waals surface area contributed by atoms with Crippen molar-refractivity contribution in [3.05, 3.63) is 30.6 Å². The summed E-state index contributed by atoms with van der Waals surface area (Å²) in [5.41, 5.74) is 1.95. The molecular formula is C9H8N6. The Morgan fingerprint density at radius 3 is 2.93 bits per heavy atom. The summed E-state index contributed by atoms with van der Waals surface area (Å²) >= 11 is 0. The van der Waals surface area contributed by atoms with Crippen molar-refractivity contribution in [2.24, 2.45) is 7.05 Å². The molecule has 0 bridgehead atoms. The van der Waals surface area contributed by atoms with E-state index in [1.807, 2.05) is 24.4 Å². The van der Waals surface area contributed by atoms with Crippen molar-refractivity contribution >= 4 is 5.52 Å². The molecule has 0 amide bonds. The van der Waals surface area contributed by atoms with Crippen LogP contribution in [0.15, 0.2) is 30.6 Å². The number of nitrogens with zero attached hydrogens (tertiary/aromatic N) is 6. The first-order chi connectivity index (χ1) is 7.33. The van der Waals surface area contributed by atoms with Gasteiger partial charge in [0.2, 0.25) is 5.82 Å². The van der Waals surface area contributed by atoms with E-state index >= 15 is 0 Å². The summed E-state index contributed by atoms with van der Waals surface area (Å²) in [6.45, 7) is 0. The van der Waals surface area contributed by atoms with Gasteiger partial charge in [0.1, 0.15) is 0 Å². The molecule has 0 aliphatic carbocycles. The van der Waals surface area contributed by atoms with Crippen LogP contribution in [0, 0.1) is 0 Å². The van der Waals surface area contributed by atoms with E-state index in [2.05, 4.69) is 20.5 Å². The SMILES string of the molecule is Cn1nnc(-c2ccc3ccnn3c2)n1. The van der Waals surface area contributed by atoms with Crippen LogP contribution in [0.4, 0.5) is 0 Å². The second-order valence-corrected chi connectivity index (χ2v) is 3.22. The Bertz CT molecular complexity index is 608. The molecule has 0 unspecified atom stereocenters. The molecule has 0 spiro atoms. The van der Waals surface area contributed by atoms with E-state index < -0.39 is 0 Å². The molecular weight excluding hydrogens is 192 g/mol. The van der Waals surface area contributed by atoms with Gasteiger partial charge in [-0.2, -0.15) is 9.90 Å². The standard InChI is InChI=1S/C9H8N6/c1-14-12-9(11-13-14)7-2-3-8-4-5-10-15(8)6-7/h2-6H,1H3. The minimum Gasteiger partial charge on any atom is -0.240 e. The van der Waals surface area contributed by atoms with E-state index in [1.54, 1.807) is 17.8 Å². The number of tetrazole rings is 1. The predicted octanol–water partition coefficient (Wildman–Crippen LogP) is 0.525. The molecule has 0 fully saturated rings. The fourth-order valence-corrected chi connectivity index (χ4v) is 1.45. The smallest absolute Gasteiger partial charge is 0.206 e. The molecule has 6 nitrogen and oxygen atoms in total. The third-order valence-electron chi connectivity index (χ3n) is 2.16. The minimum atomic E-state index is 0.606. The molecule has 0 saturated heterocycles. The highest BCUT2D eigenvalue weighted by molar-refractivity contribution is 5.58. The third kappa shape index (κ3) is 1.26. The van der Waals surface area contributed by atoms with Crippen LogP contribution >= 0.6 is 0 Å². The molecule has 0 aliphatic heterocycles. The molecule has 3 rings (SSSR count). The van der Waals surface area contributed by atoms with Crippen LogP contribution in [0.5, 0.6) is 0 Å². The summed E-state index contributed by atoms with van der Waals surface area (Å²) in [6.07, 6.45) is 3.63. The summed E-state index contributed by atoms with van der Waals surface area (Å²) in [6, 6.07) is 5.86. The fraction of sp³-hybridized carbons (Fsp3) is 0.111. The zero-order chi connectivity index (χ0) is 10.3. The third-order valence-corrected chi connectivity index (χ3v) is 2.16. The molecule has 3 aromatic rings. The van der Waals surface area contributed by atoms with Crippen LogP contribution in [0.25, 0.3) is 16.9 Å². The molecule has 0 radical (unpaired) electrons. The van der Waals surface area contributed by atoms with E-state index in [4.69, 9.17) is 0 Å². The Hall–Kier alpha value is -2.24. The van der Waals surface area contributed by atoms with Crippen molar-refractivity contribution in [3.8, 4) is 11.4 Å². The summed E-state index contributed by atoms with van der Waals surface area (Å²) in [5, 5.41) is 16.0. The molecule has 6 heteroatoms. The number of hydrogen-bond acceptors (Lipinski definition) is 4. The van der Waals surface area contributed by atoms with E-state index in [0.717, 1.165) is 11.1 Å². The molecule has 0 aliphatic rings. The number of aryl methyl sites for hydroxylation is 1. The van der Waals surface area contributed by atoms with Gasteiger partial charge in [-0.3, -0.25) is 0 Å². The van der Waals surface area contributed by atoms with Crippen LogP contribution in [0.3, 0.4) is 0 Å². The predicted molar refractivity (Wildman–Crippen MR) is 53.0 cm³/mol. The van der Waals surface area contributed by atoms with E-state index in [0.29, 0.717) is 5.82 Å². The zero-order valence-electron chi connectivity index (χ0n) is 8.07. The van der Waals surface area contributed by atoms with E-state index in [-0.39, 0.29) is 0 Å². The first kappa shape index (κ1) is 8.10. The number of fused-ring (bicyclic) bond motifs is 1. The van der Waals surface area contributed by atoms with Gasteiger partial charge in [-0.15, -0.1) is 10.2 Å². The number of pyridine rings is 1. The Kier molecular flexibility index (Phi) is 1.55. The largest absolute Gasteiger partial charge is 0.240 e. The molecule has 3 aromatic heterocycles. The zero-order valence-corrected chi connectivity index (χ0v) is 8.07. The Morgan fingerprint density at radius 2 is 2.13 bits per heavy atom. The van der Waals surface area contributed by atoms with Gasteiger partial charge in [0.05, 0.1) is 12.6 Å². The lowest BCUT2D eigenvalue weighted by Gasteiger charge is -1.96. The quantitative estimate of drug-likeness (QED) is 0.574. The van der Waals surface area contributed by atoms with Gasteiger partial charge in [-0.05, 0) is 23.4 Å². The maximum atomic E-state index is 4.15. The van der Waals surface area contributed by atoms with Crippen LogP contribution in [0.2, 0.25) is 0 Å². The summed E-state index contributed by atoms with van der Waals surface area (Å²) in [5.74, 6) is 0.606. The van der Waals surface area contributed by atoms with Gasteiger partial charge in [0.15, 0.2) is 0 Å². The van der Waals surface area contributed by atoms with E-state index in [1.165, 1.54) is 4.80 Å². The first-order valence-electron chi connectivity index (χ1n) is 4.51. The number of rotatable bonds is 1. The molecule has 0 aromatic carbocycles. The Labute approximate surface area is 85.1 Å². The van der Waals surface area contributed by atoms with Gasteiger partial charge in [0, 0.05) is 18.0 Å². The fourth-order valence-electron chi connectivity index (χ4n) is 1.45. The maximum absolute atomic E-state index is 4.15. The van der Waals surface area contributed by atoms with Crippen LogP contribution in [-0.4, -0.2) is 29.8 Å². The molecule has 0 saturated carbocycles. The number of aromatic nitrogens is 6. The highest BCUT2D eigenvalue weighted by atomic mass is 15.6. The molecule has 74 valence electrons. The lowest BCUT2D eigenvalue weighted by molar-refractivity contribution is 0.630. The molecule has 0 atom stereocenters. The maximum Gasteiger partial charge on any atom is 0.206 e. The van der Waals surface area contributed by atoms with Gasteiger partial charge in [-0.1, -0.05) is 0 Å². The monoisotopic (exact) mass is 200 g/mol. The average Bonchev–Trinajstić information content (AvgIpc) is 2.84. The second-order valence-electron chi connectivity index (χ2n) is 3.22. The van der Waals surface area contributed by atoms with Crippen LogP contribution in [0.1, 0.15) is 0 Å². The summed E-state index contributed by atoms with van der Waals surface area (Å²) < 4.78 is 1.78. The minimum absolute atomic E-state index is 0.606. The van der Waals surface area contributed by atoms with Crippen molar-refractivity contribution in [2.45, 2.75) is 0 Å². The summed E-state index contributed by atoms with van der Waals surface area (Å²) in [4.78, 5) is 1.43. The van der Waals surface area contributed by atoms with Gasteiger partial charge in [-0.25, -0.2) is 4.52 Å². The highest BCUT2D eigenvalue weighted by Crippen LogP contribution is 2.14. The number of hydrogen-bond donors (Lipinski definition) is 0. The molecule has 15 heavy (non-hydrogen) atoms. The summed E-state index contributed by atoms with van der Waals surface area (Å²) in [7, 11) is 1.74. The topological polar surface area (TPSA) is 60.9 Å². The first-order valence-corrected chi connectivity index (χ1v) is 4.51. The highest BCUT2D eigenvalue weighted by Gasteiger charge is 2.05. The van der Waals surface area contributed by atoms with E-state index in [9.17, 15) is 0 Å². The Balaban J connectivity index is 2.18. The normalized spacial score (nSPS) is 11.0.